The van der Waals surface area contributed by atoms with E-state index in [9.17, 15) is 0 Å². The van der Waals surface area contributed by atoms with Crippen LogP contribution in [0, 0.1) is 0 Å². The van der Waals surface area contributed by atoms with Crippen LogP contribution in [-0.2, 0) is 0 Å². The fourth-order valence-corrected chi connectivity index (χ4v) is 1.15. The second kappa shape index (κ2) is 5.61. The summed E-state index contributed by atoms with van der Waals surface area (Å²) in [6.07, 6.45) is 3.59. The molecule has 1 aromatic rings. The Hall–Kier alpha value is -1.08. The summed E-state index contributed by atoms with van der Waals surface area (Å²) < 4.78 is 0. The molecule has 0 aliphatic heterocycles. The van der Waals surface area contributed by atoms with Crippen molar-refractivity contribution in [2.45, 2.75) is 19.9 Å². The van der Waals surface area contributed by atoms with E-state index in [-0.39, 0.29) is 6.04 Å². The lowest BCUT2D eigenvalue weighted by Gasteiger charge is -1.95. The van der Waals surface area contributed by atoms with Gasteiger partial charge in [-0.05, 0) is 25.5 Å². The zero-order valence-corrected chi connectivity index (χ0v) is 9.20. The van der Waals surface area contributed by atoms with E-state index in [0.717, 1.165) is 5.56 Å². The van der Waals surface area contributed by atoms with Crippen LogP contribution in [0.25, 0.3) is 6.08 Å². The highest BCUT2D eigenvalue weighted by Gasteiger charge is 1.90. The minimum absolute atomic E-state index is 0.285. The average molecular weight is 208 g/mol. The number of hydrogen-bond donors (Lipinski definition) is 0. The van der Waals surface area contributed by atoms with Crippen LogP contribution >= 0.6 is 11.6 Å². The molecule has 14 heavy (non-hydrogen) atoms. The Kier molecular flexibility index (Phi) is 4.41. The van der Waals surface area contributed by atoms with Crippen molar-refractivity contribution in [1.82, 2.24) is 0 Å². The van der Waals surface area contributed by atoms with Gasteiger partial charge in [0.25, 0.3) is 0 Å². The third-order valence-electron chi connectivity index (χ3n) is 1.60. The lowest BCUT2D eigenvalue weighted by Crippen LogP contribution is -1.88. The van der Waals surface area contributed by atoms with Crippen LogP contribution in [0.3, 0.4) is 0 Å². The molecule has 0 atom stereocenters. The third kappa shape index (κ3) is 4.24. The van der Waals surface area contributed by atoms with Gasteiger partial charge in [0, 0.05) is 12.3 Å². The summed E-state index contributed by atoms with van der Waals surface area (Å²) >= 11 is 5.97. The van der Waals surface area contributed by atoms with E-state index in [1.807, 2.05) is 50.3 Å². The Bertz CT molecular complexity index is 325. The monoisotopic (exact) mass is 207 g/mol. The average Bonchev–Trinajstić information content (AvgIpc) is 2.16. The molecule has 0 bridgehead atoms. The molecular weight excluding hydrogens is 194 g/mol. The molecule has 0 amide bonds. The van der Waals surface area contributed by atoms with Crippen molar-refractivity contribution in [1.29, 1.82) is 0 Å². The number of benzene rings is 1. The van der Waals surface area contributed by atoms with E-state index < -0.39 is 0 Å². The quantitative estimate of drug-likeness (QED) is 0.670. The Morgan fingerprint density at radius 2 is 1.93 bits per heavy atom. The van der Waals surface area contributed by atoms with Crippen LogP contribution in [0.5, 0.6) is 0 Å². The highest BCUT2D eigenvalue weighted by atomic mass is 35.5. The smallest absolute Gasteiger partial charge is 0.0590 e. The number of allylic oxidation sites excluding steroid dienone is 1. The van der Waals surface area contributed by atoms with Gasteiger partial charge in [-0.15, -0.1) is 0 Å². The molecule has 1 aromatic carbocycles. The first kappa shape index (κ1) is 11.0. The van der Waals surface area contributed by atoms with Crippen LogP contribution in [0.15, 0.2) is 40.4 Å². The Morgan fingerprint density at radius 3 is 2.50 bits per heavy atom. The Balaban J connectivity index is 2.70. The van der Waals surface area contributed by atoms with E-state index in [1.165, 1.54) is 0 Å². The molecule has 1 rings (SSSR count). The summed E-state index contributed by atoms with van der Waals surface area (Å²) in [7, 11) is 0. The second-order valence-electron chi connectivity index (χ2n) is 3.31. The van der Waals surface area contributed by atoms with Crippen LogP contribution in [-0.4, -0.2) is 12.3 Å². The maximum atomic E-state index is 5.97. The molecule has 0 aliphatic carbocycles. The molecule has 0 unspecified atom stereocenters. The Morgan fingerprint density at radius 1 is 1.29 bits per heavy atom. The predicted molar refractivity (Wildman–Crippen MR) is 63.9 cm³/mol. The number of nitrogens with zero attached hydrogens (tertiary/aromatic N) is 1. The van der Waals surface area contributed by atoms with Gasteiger partial charge in [0.1, 0.15) is 0 Å². The molecule has 0 N–H and O–H groups in total. The van der Waals surface area contributed by atoms with E-state index in [0.29, 0.717) is 5.03 Å². The van der Waals surface area contributed by atoms with Gasteiger partial charge in [-0.1, -0.05) is 41.9 Å². The van der Waals surface area contributed by atoms with Gasteiger partial charge in [0.2, 0.25) is 0 Å². The van der Waals surface area contributed by atoms with Crippen molar-refractivity contribution in [2.24, 2.45) is 4.99 Å². The van der Waals surface area contributed by atoms with Gasteiger partial charge in [-0.2, -0.15) is 0 Å². The van der Waals surface area contributed by atoms with Crippen LogP contribution in [0.2, 0.25) is 0 Å². The molecule has 0 fully saturated rings. The van der Waals surface area contributed by atoms with Gasteiger partial charge >= 0.3 is 0 Å². The van der Waals surface area contributed by atoms with Gasteiger partial charge in [-0.25, -0.2) is 0 Å². The summed E-state index contributed by atoms with van der Waals surface area (Å²) in [4.78, 5) is 4.20. The summed E-state index contributed by atoms with van der Waals surface area (Å²) in [6, 6.07) is 10.2. The maximum Gasteiger partial charge on any atom is 0.0590 e. The first-order chi connectivity index (χ1) is 6.68. The van der Waals surface area contributed by atoms with Crippen molar-refractivity contribution in [3.05, 3.63) is 40.9 Å². The molecule has 0 aliphatic rings. The van der Waals surface area contributed by atoms with Crippen molar-refractivity contribution >= 4 is 23.9 Å². The van der Waals surface area contributed by atoms with Crippen molar-refractivity contribution in [3.8, 4) is 0 Å². The topological polar surface area (TPSA) is 12.4 Å². The summed E-state index contributed by atoms with van der Waals surface area (Å²) in [5.41, 5.74) is 1.09. The van der Waals surface area contributed by atoms with E-state index in [2.05, 4.69) is 4.99 Å². The standard InChI is InChI=1S/C12H14ClN/c1-10(2)14-9-12(13)8-11-6-4-3-5-7-11/h3-10H,1-2H3/b12-8-,14-9?. The molecule has 0 aromatic heterocycles. The highest BCUT2D eigenvalue weighted by molar-refractivity contribution is 6.41. The second-order valence-corrected chi connectivity index (χ2v) is 3.75. The largest absolute Gasteiger partial charge is 0.289 e. The minimum Gasteiger partial charge on any atom is -0.289 e. The molecule has 74 valence electrons. The maximum absolute atomic E-state index is 5.97. The van der Waals surface area contributed by atoms with Gasteiger partial charge in [0.15, 0.2) is 0 Å². The Labute approximate surface area is 90.1 Å². The van der Waals surface area contributed by atoms with Crippen molar-refractivity contribution < 1.29 is 0 Å². The zero-order valence-electron chi connectivity index (χ0n) is 8.44. The first-order valence-electron chi connectivity index (χ1n) is 4.64. The van der Waals surface area contributed by atoms with Crippen LogP contribution < -0.4 is 0 Å². The van der Waals surface area contributed by atoms with Crippen LogP contribution in [0.4, 0.5) is 0 Å². The van der Waals surface area contributed by atoms with Gasteiger partial charge < -0.3 is 0 Å². The number of halogens is 1. The van der Waals surface area contributed by atoms with Crippen molar-refractivity contribution in [3.63, 3.8) is 0 Å². The molecule has 0 spiro atoms. The molecular formula is C12H14ClN. The molecule has 2 heteroatoms. The van der Waals surface area contributed by atoms with Crippen molar-refractivity contribution in [2.75, 3.05) is 0 Å². The predicted octanol–water partition coefficient (Wildman–Crippen LogP) is 3.75. The fourth-order valence-electron chi connectivity index (χ4n) is 0.966. The molecule has 0 radical (unpaired) electrons. The first-order valence-corrected chi connectivity index (χ1v) is 5.01. The molecule has 0 heterocycles. The lowest BCUT2D eigenvalue weighted by atomic mass is 10.2. The van der Waals surface area contributed by atoms with E-state index in [4.69, 9.17) is 11.6 Å². The SMILES string of the molecule is CC(C)N=C/C(Cl)=C/c1ccccc1. The molecule has 1 nitrogen and oxygen atoms in total. The van der Waals surface area contributed by atoms with Gasteiger partial charge in [0.05, 0.1) is 5.03 Å². The number of hydrogen-bond acceptors (Lipinski definition) is 1. The third-order valence-corrected chi connectivity index (χ3v) is 1.81. The lowest BCUT2D eigenvalue weighted by molar-refractivity contribution is 0.841. The van der Waals surface area contributed by atoms with Crippen LogP contribution in [0.1, 0.15) is 19.4 Å². The fraction of sp³-hybridized carbons (Fsp3) is 0.250. The van der Waals surface area contributed by atoms with E-state index >= 15 is 0 Å². The summed E-state index contributed by atoms with van der Waals surface area (Å²) in [6.45, 7) is 4.03. The number of rotatable bonds is 3. The summed E-state index contributed by atoms with van der Waals surface area (Å²) in [5, 5.41) is 0.657. The molecule has 0 saturated carbocycles. The highest BCUT2D eigenvalue weighted by Crippen LogP contribution is 2.08. The summed E-state index contributed by atoms with van der Waals surface area (Å²) in [5.74, 6) is 0. The zero-order chi connectivity index (χ0) is 10.4. The van der Waals surface area contributed by atoms with E-state index in [1.54, 1.807) is 6.21 Å². The van der Waals surface area contributed by atoms with Gasteiger partial charge in [-0.3, -0.25) is 4.99 Å². The normalized spacial score (nSPS) is 12.7. The minimum atomic E-state index is 0.285. The number of aliphatic imine (C=N–C) groups is 1. The molecule has 0 saturated heterocycles.